The predicted octanol–water partition coefficient (Wildman–Crippen LogP) is -0.0793. The van der Waals surface area contributed by atoms with Crippen LogP contribution in [0.5, 0.6) is 0 Å². The highest BCUT2D eigenvalue weighted by Crippen LogP contribution is 1.97. The van der Waals surface area contributed by atoms with Gasteiger partial charge < -0.3 is 4.74 Å². The molecule has 0 radical (unpaired) electrons. The average Bonchev–Trinajstić information content (AvgIpc) is 2.47. The largest absolute Gasteiger partial charge is 0.469 e. The Kier molecular flexibility index (Phi) is 2.79. The second-order valence-electron chi connectivity index (χ2n) is 2.40. The second kappa shape index (κ2) is 3.85. The number of carbonyl (C=O) groups is 1. The van der Waals surface area contributed by atoms with E-state index in [0.717, 1.165) is 5.69 Å². The summed E-state index contributed by atoms with van der Waals surface area (Å²) in [7, 11) is 3.11. The lowest BCUT2D eigenvalue weighted by Crippen LogP contribution is -2.02. The van der Waals surface area contributed by atoms with E-state index in [1.807, 2.05) is 0 Å². The van der Waals surface area contributed by atoms with Gasteiger partial charge in [0.15, 0.2) is 0 Å². The number of nitrogens with zero attached hydrogens (tertiary/aromatic N) is 3. The summed E-state index contributed by atoms with van der Waals surface area (Å²) < 4.78 is 4.48. The molecule has 5 nitrogen and oxygen atoms in total. The van der Waals surface area contributed by atoms with E-state index in [1.165, 1.54) is 11.9 Å². The predicted molar refractivity (Wildman–Crippen MR) is 41.3 cm³/mol. The zero-order valence-electron chi connectivity index (χ0n) is 7.15. The van der Waals surface area contributed by atoms with Gasteiger partial charge in [-0.2, -0.15) is 15.0 Å². The fraction of sp³-hybridized carbons (Fsp3) is 0.571. The summed E-state index contributed by atoms with van der Waals surface area (Å²) in [5.41, 5.74) is 0.808. The highest BCUT2D eigenvalue weighted by molar-refractivity contribution is 5.69. The molecule has 0 fully saturated rings. The molecule has 0 aliphatic carbocycles. The smallest absolute Gasteiger partial charge is 0.305 e. The third-order valence-corrected chi connectivity index (χ3v) is 1.46. The van der Waals surface area contributed by atoms with Crippen LogP contribution < -0.4 is 0 Å². The van der Waals surface area contributed by atoms with E-state index in [4.69, 9.17) is 0 Å². The fourth-order valence-corrected chi connectivity index (χ4v) is 0.834. The molecule has 0 spiro atoms. The van der Waals surface area contributed by atoms with E-state index >= 15 is 0 Å². The van der Waals surface area contributed by atoms with Crippen molar-refractivity contribution in [3.8, 4) is 0 Å². The lowest BCUT2D eigenvalue weighted by Gasteiger charge is -1.94. The Bertz CT molecular complexity index is 269. The molecular weight excluding hydrogens is 158 g/mol. The molecule has 0 bridgehead atoms. The van der Waals surface area contributed by atoms with Gasteiger partial charge in [-0.3, -0.25) is 4.79 Å². The van der Waals surface area contributed by atoms with Gasteiger partial charge in [-0.05, 0) is 0 Å². The number of methoxy groups -OCH3 is 1. The average molecular weight is 169 g/mol. The molecule has 66 valence electrons. The first-order valence-electron chi connectivity index (χ1n) is 3.64. The number of aryl methyl sites for hydroxylation is 2. The zero-order chi connectivity index (χ0) is 8.97. The summed E-state index contributed by atoms with van der Waals surface area (Å²) >= 11 is 0. The maximum absolute atomic E-state index is 10.7. The molecule has 0 aliphatic heterocycles. The van der Waals surface area contributed by atoms with Crippen LogP contribution in [0.15, 0.2) is 6.20 Å². The van der Waals surface area contributed by atoms with Crippen LogP contribution in [-0.2, 0) is 23.0 Å². The van der Waals surface area contributed by atoms with Crippen molar-refractivity contribution in [2.45, 2.75) is 12.8 Å². The molecule has 0 aliphatic rings. The van der Waals surface area contributed by atoms with Crippen LogP contribution in [0.1, 0.15) is 12.1 Å². The van der Waals surface area contributed by atoms with Crippen molar-refractivity contribution in [3.05, 3.63) is 11.9 Å². The van der Waals surface area contributed by atoms with E-state index in [9.17, 15) is 4.79 Å². The lowest BCUT2D eigenvalue weighted by molar-refractivity contribution is -0.140. The third kappa shape index (κ3) is 2.34. The van der Waals surface area contributed by atoms with E-state index < -0.39 is 0 Å². The van der Waals surface area contributed by atoms with Crippen LogP contribution in [0.2, 0.25) is 0 Å². The first-order valence-corrected chi connectivity index (χ1v) is 3.64. The lowest BCUT2D eigenvalue weighted by atomic mass is 10.2. The number of hydrogen-bond donors (Lipinski definition) is 0. The van der Waals surface area contributed by atoms with Crippen molar-refractivity contribution in [2.24, 2.45) is 7.05 Å². The molecule has 0 amide bonds. The number of aromatic nitrogens is 3. The monoisotopic (exact) mass is 169 g/mol. The van der Waals surface area contributed by atoms with Crippen molar-refractivity contribution >= 4 is 5.97 Å². The number of hydrogen-bond acceptors (Lipinski definition) is 4. The van der Waals surface area contributed by atoms with Crippen molar-refractivity contribution < 1.29 is 9.53 Å². The molecule has 0 saturated carbocycles. The first-order chi connectivity index (χ1) is 5.72. The molecule has 0 N–H and O–H groups in total. The fourth-order valence-electron chi connectivity index (χ4n) is 0.834. The summed E-state index contributed by atoms with van der Waals surface area (Å²) in [6.45, 7) is 0. The quantitative estimate of drug-likeness (QED) is 0.594. The normalized spacial score (nSPS) is 9.83. The minimum absolute atomic E-state index is 0.222. The van der Waals surface area contributed by atoms with E-state index in [0.29, 0.717) is 12.8 Å². The van der Waals surface area contributed by atoms with Crippen molar-refractivity contribution in [1.82, 2.24) is 15.0 Å². The third-order valence-electron chi connectivity index (χ3n) is 1.46. The van der Waals surface area contributed by atoms with Crippen molar-refractivity contribution in [2.75, 3.05) is 7.11 Å². The van der Waals surface area contributed by atoms with E-state index in [1.54, 1.807) is 13.2 Å². The Hall–Kier alpha value is -1.39. The molecule has 0 unspecified atom stereocenters. The molecule has 1 aromatic heterocycles. The topological polar surface area (TPSA) is 57.0 Å². The molecule has 12 heavy (non-hydrogen) atoms. The van der Waals surface area contributed by atoms with Gasteiger partial charge >= 0.3 is 5.97 Å². The molecule has 0 saturated heterocycles. The van der Waals surface area contributed by atoms with Gasteiger partial charge in [0.1, 0.15) is 0 Å². The van der Waals surface area contributed by atoms with Gasteiger partial charge in [-0.25, -0.2) is 0 Å². The molecule has 0 atom stereocenters. The highest BCUT2D eigenvalue weighted by atomic mass is 16.5. The summed E-state index contributed by atoms with van der Waals surface area (Å²) in [6.07, 6.45) is 2.58. The SMILES string of the molecule is COC(=O)CCc1cnn(C)n1. The van der Waals surface area contributed by atoms with E-state index in [-0.39, 0.29) is 5.97 Å². The minimum atomic E-state index is -0.222. The van der Waals surface area contributed by atoms with Crippen LogP contribution in [0.25, 0.3) is 0 Å². The number of esters is 1. The number of carbonyl (C=O) groups excluding carboxylic acids is 1. The number of rotatable bonds is 3. The zero-order valence-corrected chi connectivity index (χ0v) is 7.15. The van der Waals surface area contributed by atoms with Crippen LogP contribution in [0.4, 0.5) is 0 Å². The van der Waals surface area contributed by atoms with Gasteiger partial charge in [-0.1, -0.05) is 0 Å². The minimum Gasteiger partial charge on any atom is -0.469 e. The molecule has 1 rings (SSSR count). The maximum atomic E-state index is 10.7. The van der Waals surface area contributed by atoms with E-state index in [2.05, 4.69) is 14.9 Å². The number of ether oxygens (including phenoxy) is 1. The molecular formula is C7H11N3O2. The summed E-state index contributed by atoms with van der Waals surface area (Å²) in [5.74, 6) is -0.222. The summed E-state index contributed by atoms with van der Waals surface area (Å²) in [5, 5.41) is 7.89. The maximum Gasteiger partial charge on any atom is 0.305 e. The standard InChI is InChI=1S/C7H11N3O2/c1-10-8-5-6(9-10)3-4-7(11)12-2/h5H,3-4H2,1-2H3. The van der Waals surface area contributed by atoms with Crippen molar-refractivity contribution in [3.63, 3.8) is 0 Å². The van der Waals surface area contributed by atoms with Crippen LogP contribution in [0, 0.1) is 0 Å². The van der Waals surface area contributed by atoms with Crippen LogP contribution in [-0.4, -0.2) is 28.1 Å². The van der Waals surface area contributed by atoms with Crippen molar-refractivity contribution in [1.29, 1.82) is 0 Å². The molecule has 0 aromatic carbocycles. The van der Waals surface area contributed by atoms with Crippen LogP contribution >= 0.6 is 0 Å². The van der Waals surface area contributed by atoms with Gasteiger partial charge in [0.2, 0.25) is 0 Å². The highest BCUT2D eigenvalue weighted by Gasteiger charge is 2.03. The molecule has 1 aromatic rings. The Morgan fingerprint density at radius 2 is 2.50 bits per heavy atom. The van der Waals surface area contributed by atoms with Crippen LogP contribution in [0.3, 0.4) is 0 Å². The molecule has 5 heteroatoms. The molecule has 1 heterocycles. The van der Waals surface area contributed by atoms with Gasteiger partial charge in [-0.15, -0.1) is 0 Å². The Morgan fingerprint density at radius 3 is 3.00 bits per heavy atom. The summed E-state index contributed by atoms with van der Waals surface area (Å²) in [4.78, 5) is 12.2. The first kappa shape index (κ1) is 8.70. The van der Waals surface area contributed by atoms with Gasteiger partial charge in [0.25, 0.3) is 0 Å². The van der Waals surface area contributed by atoms with Gasteiger partial charge in [0.05, 0.1) is 25.4 Å². The Balaban J connectivity index is 2.38. The Morgan fingerprint density at radius 1 is 1.75 bits per heavy atom. The Labute approximate surface area is 70.3 Å². The summed E-state index contributed by atoms with van der Waals surface area (Å²) in [6, 6.07) is 0. The second-order valence-corrected chi connectivity index (χ2v) is 2.40. The van der Waals surface area contributed by atoms with Gasteiger partial charge in [0, 0.05) is 13.5 Å².